The number of carbonyl (C=O) groups is 1. The van der Waals surface area contributed by atoms with Gasteiger partial charge in [-0.2, -0.15) is 0 Å². The maximum atomic E-state index is 12.4. The van der Waals surface area contributed by atoms with Crippen LogP contribution in [0.5, 0.6) is 11.5 Å². The Kier molecular flexibility index (Phi) is 4.71. The fourth-order valence-electron chi connectivity index (χ4n) is 2.28. The Balaban J connectivity index is 1.80. The summed E-state index contributed by atoms with van der Waals surface area (Å²) in [5, 5.41) is 11.7. The van der Waals surface area contributed by atoms with Crippen molar-refractivity contribution in [1.82, 2.24) is 14.8 Å². The maximum Gasteiger partial charge on any atom is 0.258 e. The minimum atomic E-state index is -0.249. The number of nitrogens with zero attached hydrogens (tertiary/aromatic N) is 3. The third-order valence-corrected chi connectivity index (χ3v) is 4.24. The molecule has 0 bridgehead atoms. The third-order valence-electron chi connectivity index (χ3n) is 3.29. The van der Waals surface area contributed by atoms with E-state index >= 15 is 0 Å². The molecular weight excluding hydrogens is 316 g/mol. The predicted octanol–water partition coefficient (Wildman–Crippen LogP) is 2.43. The van der Waals surface area contributed by atoms with E-state index in [4.69, 9.17) is 9.47 Å². The van der Waals surface area contributed by atoms with E-state index in [1.54, 1.807) is 30.0 Å². The zero-order valence-electron chi connectivity index (χ0n) is 13.0. The molecule has 0 spiro atoms. The van der Waals surface area contributed by atoms with Crippen LogP contribution in [0.15, 0.2) is 23.4 Å². The summed E-state index contributed by atoms with van der Waals surface area (Å²) in [6.45, 7) is 5.63. The Morgan fingerprint density at radius 2 is 2.04 bits per heavy atom. The molecule has 0 aliphatic carbocycles. The first kappa shape index (κ1) is 15.7. The molecule has 1 aliphatic rings. The Labute approximate surface area is 138 Å². The molecule has 8 heteroatoms. The van der Waals surface area contributed by atoms with Gasteiger partial charge in [-0.15, -0.1) is 10.2 Å². The lowest BCUT2D eigenvalue weighted by atomic mass is 10.2. The summed E-state index contributed by atoms with van der Waals surface area (Å²) in [4.78, 5) is 12.4. The van der Waals surface area contributed by atoms with Crippen molar-refractivity contribution in [3.8, 4) is 11.5 Å². The Hall–Kier alpha value is -2.22. The molecule has 1 N–H and O–H groups in total. The predicted molar refractivity (Wildman–Crippen MR) is 87.5 cm³/mol. The van der Waals surface area contributed by atoms with Crippen LogP contribution in [0.2, 0.25) is 0 Å². The fourth-order valence-corrected chi connectivity index (χ4v) is 3.17. The highest BCUT2D eigenvalue weighted by molar-refractivity contribution is 7.99. The van der Waals surface area contributed by atoms with Crippen LogP contribution in [0.3, 0.4) is 0 Å². The van der Waals surface area contributed by atoms with Crippen molar-refractivity contribution in [3.05, 3.63) is 23.8 Å². The number of anilines is 1. The lowest BCUT2D eigenvalue weighted by Crippen LogP contribution is -2.16. The van der Waals surface area contributed by atoms with Gasteiger partial charge in [-0.1, -0.05) is 11.8 Å². The van der Waals surface area contributed by atoms with Crippen molar-refractivity contribution in [2.24, 2.45) is 0 Å². The van der Waals surface area contributed by atoms with Gasteiger partial charge in [0.2, 0.25) is 5.95 Å². The standard InChI is InChI=1S/C15H18N4O3S/c1-3-21-11-6-5-10(9-12(11)22-4-2)13(20)16-14-17-18-15-19(14)7-8-23-15/h5-6,9H,3-4,7-8H2,1-2H3,(H,16,17,20). The van der Waals surface area contributed by atoms with Crippen LogP contribution in [-0.2, 0) is 6.54 Å². The molecule has 1 aliphatic heterocycles. The molecular formula is C15H18N4O3S. The van der Waals surface area contributed by atoms with Crippen LogP contribution < -0.4 is 14.8 Å². The zero-order chi connectivity index (χ0) is 16.2. The van der Waals surface area contributed by atoms with E-state index in [1.165, 1.54) is 0 Å². The molecule has 1 aromatic carbocycles. The van der Waals surface area contributed by atoms with Gasteiger partial charge in [-0.3, -0.25) is 14.7 Å². The Morgan fingerprint density at radius 3 is 2.83 bits per heavy atom. The van der Waals surface area contributed by atoms with Crippen molar-refractivity contribution >= 4 is 23.6 Å². The highest BCUT2D eigenvalue weighted by Crippen LogP contribution is 2.29. The molecule has 7 nitrogen and oxygen atoms in total. The third kappa shape index (κ3) is 3.26. The summed E-state index contributed by atoms with van der Waals surface area (Å²) in [5.74, 6) is 2.36. The lowest BCUT2D eigenvalue weighted by Gasteiger charge is -2.12. The summed E-state index contributed by atoms with van der Waals surface area (Å²) in [5.41, 5.74) is 0.486. The molecule has 0 atom stereocenters. The van der Waals surface area contributed by atoms with E-state index in [1.807, 2.05) is 18.4 Å². The number of carbonyl (C=O) groups excluding carboxylic acids is 1. The second-order valence-electron chi connectivity index (χ2n) is 4.79. The molecule has 0 fully saturated rings. The maximum absolute atomic E-state index is 12.4. The molecule has 1 aromatic heterocycles. The van der Waals surface area contributed by atoms with Gasteiger partial charge >= 0.3 is 0 Å². The number of fused-ring (bicyclic) bond motifs is 1. The quantitative estimate of drug-likeness (QED) is 0.874. The van der Waals surface area contributed by atoms with Crippen molar-refractivity contribution in [2.75, 3.05) is 24.3 Å². The number of aromatic nitrogens is 3. The molecule has 0 unspecified atom stereocenters. The van der Waals surface area contributed by atoms with Crippen molar-refractivity contribution < 1.29 is 14.3 Å². The second kappa shape index (κ2) is 6.91. The monoisotopic (exact) mass is 334 g/mol. The van der Waals surface area contributed by atoms with Crippen LogP contribution in [0.1, 0.15) is 24.2 Å². The van der Waals surface area contributed by atoms with Crippen LogP contribution in [0.25, 0.3) is 0 Å². The second-order valence-corrected chi connectivity index (χ2v) is 5.85. The highest BCUT2D eigenvalue weighted by atomic mass is 32.2. The van der Waals surface area contributed by atoms with E-state index in [-0.39, 0.29) is 5.91 Å². The van der Waals surface area contributed by atoms with Gasteiger partial charge in [0, 0.05) is 17.9 Å². The van der Waals surface area contributed by atoms with E-state index < -0.39 is 0 Å². The number of rotatable bonds is 6. The molecule has 2 aromatic rings. The van der Waals surface area contributed by atoms with Gasteiger partial charge in [0.1, 0.15) is 0 Å². The first-order chi connectivity index (χ1) is 11.2. The van der Waals surface area contributed by atoms with Gasteiger partial charge in [0.05, 0.1) is 13.2 Å². The normalized spacial score (nSPS) is 12.8. The highest BCUT2D eigenvalue weighted by Gasteiger charge is 2.20. The van der Waals surface area contributed by atoms with E-state index in [9.17, 15) is 4.79 Å². The fraction of sp³-hybridized carbons (Fsp3) is 0.400. The smallest absolute Gasteiger partial charge is 0.258 e. The summed E-state index contributed by atoms with van der Waals surface area (Å²) in [7, 11) is 0. The van der Waals surface area contributed by atoms with Crippen LogP contribution in [0, 0.1) is 0 Å². The van der Waals surface area contributed by atoms with Gasteiger partial charge in [-0.05, 0) is 32.0 Å². The summed E-state index contributed by atoms with van der Waals surface area (Å²) in [6.07, 6.45) is 0. The molecule has 0 saturated heterocycles. The summed E-state index contributed by atoms with van der Waals surface area (Å²) < 4.78 is 13.0. The zero-order valence-corrected chi connectivity index (χ0v) is 13.9. The van der Waals surface area contributed by atoms with Gasteiger partial charge in [0.25, 0.3) is 5.91 Å². The molecule has 122 valence electrons. The van der Waals surface area contributed by atoms with Gasteiger partial charge in [0.15, 0.2) is 16.7 Å². The van der Waals surface area contributed by atoms with E-state index in [0.29, 0.717) is 36.2 Å². The SMILES string of the molecule is CCOc1ccc(C(=O)Nc2nnc3n2CCS3)cc1OCC. The average molecular weight is 334 g/mol. The number of amides is 1. The van der Waals surface area contributed by atoms with Crippen LogP contribution >= 0.6 is 11.8 Å². The number of hydrogen-bond donors (Lipinski definition) is 1. The topological polar surface area (TPSA) is 78.3 Å². The molecule has 0 saturated carbocycles. The number of nitrogens with one attached hydrogen (secondary N) is 1. The van der Waals surface area contributed by atoms with Gasteiger partial charge in [-0.25, -0.2) is 0 Å². The minimum Gasteiger partial charge on any atom is -0.490 e. The number of benzene rings is 1. The average Bonchev–Trinajstić information content (AvgIpc) is 3.14. The first-order valence-electron chi connectivity index (χ1n) is 7.50. The number of ether oxygens (including phenoxy) is 2. The molecule has 3 rings (SSSR count). The molecule has 2 heterocycles. The summed E-state index contributed by atoms with van der Waals surface area (Å²) in [6, 6.07) is 5.13. The Bertz CT molecular complexity index is 717. The van der Waals surface area contributed by atoms with E-state index in [2.05, 4.69) is 15.5 Å². The van der Waals surface area contributed by atoms with Crippen molar-refractivity contribution in [3.63, 3.8) is 0 Å². The summed E-state index contributed by atoms with van der Waals surface area (Å²) >= 11 is 1.63. The largest absolute Gasteiger partial charge is 0.490 e. The van der Waals surface area contributed by atoms with Gasteiger partial charge < -0.3 is 9.47 Å². The van der Waals surface area contributed by atoms with E-state index in [0.717, 1.165) is 17.5 Å². The van der Waals surface area contributed by atoms with Crippen LogP contribution in [0.4, 0.5) is 5.95 Å². The van der Waals surface area contributed by atoms with Crippen LogP contribution in [-0.4, -0.2) is 39.6 Å². The molecule has 1 amide bonds. The molecule has 23 heavy (non-hydrogen) atoms. The number of thioether (sulfide) groups is 1. The number of hydrogen-bond acceptors (Lipinski definition) is 6. The molecule has 0 radical (unpaired) electrons. The van der Waals surface area contributed by atoms with Crippen molar-refractivity contribution in [1.29, 1.82) is 0 Å². The van der Waals surface area contributed by atoms with Crippen molar-refractivity contribution in [2.45, 2.75) is 25.5 Å². The Morgan fingerprint density at radius 1 is 1.26 bits per heavy atom. The minimum absolute atomic E-state index is 0.249. The first-order valence-corrected chi connectivity index (χ1v) is 8.48. The lowest BCUT2D eigenvalue weighted by molar-refractivity contribution is 0.102.